The normalized spacial score (nSPS) is 19.7. The Balaban J connectivity index is 2.90. The van der Waals surface area contributed by atoms with Crippen molar-refractivity contribution in [1.82, 2.24) is 0 Å². The average molecular weight is 212 g/mol. The molecule has 0 saturated carbocycles. The largest absolute Gasteiger partial charge is 0.492 e. The number of methoxy groups -OCH3 is 1. The Morgan fingerprint density at radius 2 is 2.20 bits per heavy atom. The topological polar surface area (TPSA) is 35.5 Å². The van der Waals surface area contributed by atoms with Crippen LogP contribution in [0.3, 0.4) is 0 Å². The van der Waals surface area contributed by atoms with Gasteiger partial charge in [0, 0.05) is 6.42 Å². The first-order valence-corrected chi connectivity index (χ1v) is 5.49. The third-order valence-electron chi connectivity index (χ3n) is 2.62. The lowest BCUT2D eigenvalue weighted by molar-refractivity contribution is -0.137. The highest BCUT2D eigenvalue weighted by Gasteiger charge is 2.31. The Kier molecular flexibility index (Phi) is 3.77. The van der Waals surface area contributed by atoms with Gasteiger partial charge in [0.2, 0.25) is 0 Å². The predicted octanol–water partition coefficient (Wildman–Crippen LogP) is 2.80. The van der Waals surface area contributed by atoms with Crippen molar-refractivity contribution in [3.63, 3.8) is 0 Å². The fraction of sp³-hybridized carbons (Fsp3) is 0.750. The van der Waals surface area contributed by atoms with E-state index in [1.54, 1.807) is 0 Å². The highest BCUT2D eigenvalue weighted by Crippen LogP contribution is 2.33. The van der Waals surface area contributed by atoms with E-state index in [1.165, 1.54) is 7.11 Å². The predicted molar refractivity (Wildman–Crippen MR) is 58.3 cm³/mol. The molecular formula is C12H20O3. The highest BCUT2D eigenvalue weighted by atomic mass is 16.5. The molecule has 0 radical (unpaired) electrons. The summed E-state index contributed by atoms with van der Waals surface area (Å²) in [5.41, 5.74) is 0.570. The smallest absolute Gasteiger partial charge is 0.337 e. The third kappa shape index (κ3) is 2.98. The second-order valence-electron chi connectivity index (χ2n) is 4.51. The lowest BCUT2D eigenvalue weighted by Gasteiger charge is -2.33. The molecule has 0 amide bonds. The van der Waals surface area contributed by atoms with Crippen molar-refractivity contribution in [1.29, 1.82) is 0 Å². The molecule has 3 nitrogen and oxygen atoms in total. The summed E-state index contributed by atoms with van der Waals surface area (Å²) in [4.78, 5) is 11.5. The van der Waals surface area contributed by atoms with E-state index in [-0.39, 0.29) is 11.6 Å². The molecule has 0 N–H and O–H groups in total. The molecule has 1 rings (SSSR count). The van der Waals surface area contributed by atoms with Crippen molar-refractivity contribution >= 4 is 5.97 Å². The van der Waals surface area contributed by atoms with Gasteiger partial charge in [0.1, 0.15) is 11.4 Å². The van der Waals surface area contributed by atoms with Gasteiger partial charge in [0.15, 0.2) is 0 Å². The van der Waals surface area contributed by atoms with Crippen LogP contribution in [0.1, 0.15) is 46.5 Å². The summed E-state index contributed by atoms with van der Waals surface area (Å²) in [6.45, 7) is 6.18. The Morgan fingerprint density at radius 1 is 1.53 bits per heavy atom. The molecule has 1 aliphatic rings. The lowest BCUT2D eigenvalue weighted by Crippen LogP contribution is -2.30. The summed E-state index contributed by atoms with van der Waals surface area (Å²) in [6.07, 6.45) is 3.42. The number of hydrogen-bond acceptors (Lipinski definition) is 3. The van der Waals surface area contributed by atoms with Crippen LogP contribution in [0.15, 0.2) is 11.3 Å². The van der Waals surface area contributed by atoms with Gasteiger partial charge in [-0.05, 0) is 33.1 Å². The molecule has 1 heterocycles. The van der Waals surface area contributed by atoms with E-state index in [0.717, 1.165) is 37.0 Å². The van der Waals surface area contributed by atoms with Crippen molar-refractivity contribution in [3.8, 4) is 0 Å². The average Bonchev–Trinajstić information content (AvgIpc) is 2.16. The van der Waals surface area contributed by atoms with Crippen LogP contribution >= 0.6 is 0 Å². The first-order valence-electron chi connectivity index (χ1n) is 5.49. The maximum atomic E-state index is 11.5. The van der Waals surface area contributed by atoms with Gasteiger partial charge in [-0.25, -0.2) is 4.79 Å². The van der Waals surface area contributed by atoms with E-state index in [1.807, 2.05) is 0 Å². The minimum atomic E-state index is -0.242. The van der Waals surface area contributed by atoms with E-state index < -0.39 is 0 Å². The molecule has 0 saturated heterocycles. The van der Waals surface area contributed by atoms with Crippen molar-refractivity contribution in [2.75, 3.05) is 7.11 Å². The maximum Gasteiger partial charge on any atom is 0.337 e. The third-order valence-corrected chi connectivity index (χ3v) is 2.62. The second kappa shape index (κ2) is 4.69. The number of carbonyl (C=O) groups excluding carboxylic acids is 1. The number of rotatable bonds is 3. The summed E-state index contributed by atoms with van der Waals surface area (Å²) in [6, 6.07) is 0. The van der Waals surface area contributed by atoms with Gasteiger partial charge in [-0.2, -0.15) is 0 Å². The van der Waals surface area contributed by atoms with E-state index in [0.29, 0.717) is 0 Å². The molecule has 0 bridgehead atoms. The van der Waals surface area contributed by atoms with Crippen LogP contribution in [0.5, 0.6) is 0 Å². The molecule has 1 aliphatic heterocycles. The van der Waals surface area contributed by atoms with E-state index in [9.17, 15) is 4.79 Å². The van der Waals surface area contributed by atoms with Crippen LogP contribution in [0.4, 0.5) is 0 Å². The summed E-state index contributed by atoms with van der Waals surface area (Å²) >= 11 is 0. The zero-order valence-electron chi connectivity index (χ0n) is 10.1. The van der Waals surface area contributed by atoms with Gasteiger partial charge in [0.05, 0.1) is 12.7 Å². The molecule has 0 aromatic heterocycles. The molecule has 0 aliphatic carbocycles. The van der Waals surface area contributed by atoms with Gasteiger partial charge in [-0.15, -0.1) is 0 Å². The summed E-state index contributed by atoms with van der Waals surface area (Å²) in [5, 5.41) is 0. The van der Waals surface area contributed by atoms with Crippen molar-refractivity contribution in [2.24, 2.45) is 0 Å². The van der Waals surface area contributed by atoms with Crippen LogP contribution in [-0.4, -0.2) is 18.7 Å². The van der Waals surface area contributed by atoms with E-state index in [4.69, 9.17) is 9.47 Å². The van der Waals surface area contributed by atoms with Gasteiger partial charge < -0.3 is 9.47 Å². The first-order chi connectivity index (χ1) is 7.00. The second-order valence-corrected chi connectivity index (χ2v) is 4.51. The van der Waals surface area contributed by atoms with Gasteiger partial charge in [0.25, 0.3) is 0 Å². The molecule has 3 heteroatoms. The van der Waals surface area contributed by atoms with Crippen LogP contribution < -0.4 is 0 Å². The molecular weight excluding hydrogens is 192 g/mol. The van der Waals surface area contributed by atoms with Crippen molar-refractivity contribution in [3.05, 3.63) is 11.3 Å². The standard InChI is InChI=1S/C12H20O3/c1-5-6-10-9(11(13)14-4)7-8-12(2,3)15-10/h5-8H2,1-4H3. The van der Waals surface area contributed by atoms with Gasteiger partial charge in [-0.3, -0.25) is 0 Å². The summed E-state index contributed by atoms with van der Waals surface area (Å²) in [7, 11) is 1.42. The maximum absolute atomic E-state index is 11.5. The Bertz CT molecular complexity index is 277. The molecule has 0 spiro atoms. The fourth-order valence-corrected chi connectivity index (χ4v) is 1.78. The lowest BCUT2D eigenvalue weighted by atomic mass is 9.93. The monoisotopic (exact) mass is 212 g/mol. The van der Waals surface area contributed by atoms with Crippen molar-refractivity contribution in [2.45, 2.75) is 52.1 Å². The number of allylic oxidation sites excluding steroid dienone is 1. The van der Waals surface area contributed by atoms with Crippen LogP contribution in [0.2, 0.25) is 0 Å². The minimum Gasteiger partial charge on any atom is -0.492 e. The van der Waals surface area contributed by atoms with Crippen LogP contribution in [-0.2, 0) is 14.3 Å². The highest BCUT2D eigenvalue weighted by molar-refractivity contribution is 5.89. The number of ether oxygens (including phenoxy) is 2. The SMILES string of the molecule is CCCC1=C(C(=O)OC)CCC(C)(C)O1. The molecule has 0 aromatic rings. The molecule has 0 unspecified atom stereocenters. The quantitative estimate of drug-likeness (QED) is 0.675. The molecule has 0 fully saturated rings. The van der Waals surface area contributed by atoms with Crippen molar-refractivity contribution < 1.29 is 14.3 Å². The number of carbonyl (C=O) groups is 1. The molecule has 86 valence electrons. The van der Waals surface area contributed by atoms with Gasteiger partial charge >= 0.3 is 5.97 Å². The van der Waals surface area contributed by atoms with E-state index in [2.05, 4.69) is 20.8 Å². The molecule has 0 atom stereocenters. The van der Waals surface area contributed by atoms with Crippen LogP contribution in [0, 0.1) is 0 Å². The van der Waals surface area contributed by atoms with E-state index >= 15 is 0 Å². The Morgan fingerprint density at radius 3 is 2.73 bits per heavy atom. The number of hydrogen-bond donors (Lipinski definition) is 0. The number of esters is 1. The zero-order valence-corrected chi connectivity index (χ0v) is 10.1. The zero-order chi connectivity index (χ0) is 11.5. The Labute approximate surface area is 91.4 Å². The van der Waals surface area contributed by atoms with Crippen LogP contribution in [0.25, 0.3) is 0 Å². The molecule has 0 aromatic carbocycles. The summed E-state index contributed by atoms with van der Waals surface area (Å²) < 4.78 is 10.6. The Hall–Kier alpha value is -0.990. The summed E-state index contributed by atoms with van der Waals surface area (Å²) in [5.74, 6) is 0.578. The molecule has 15 heavy (non-hydrogen) atoms. The minimum absolute atomic E-state index is 0.151. The fourth-order valence-electron chi connectivity index (χ4n) is 1.78. The van der Waals surface area contributed by atoms with Gasteiger partial charge in [-0.1, -0.05) is 6.92 Å². The first kappa shape index (κ1) is 12.1.